The number of aromatic carboxylic acids is 1. The van der Waals surface area contributed by atoms with E-state index in [2.05, 4.69) is 4.98 Å². The highest BCUT2D eigenvalue weighted by molar-refractivity contribution is 7.11. The monoisotopic (exact) mass is 241 g/mol. The maximum absolute atomic E-state index is 11.6. The Hall–Kier alpha value is -1.63. The molecular formula is C9H11N3O3S. The minimum atomic E-state index is -1.03. The standard InChI is InChI=1S/C9H11N3O3S/c1-11-2-3-12(9(11)15)4-6-5-16-7(10-6)8(13)14/h5H,2-4H2,1H3,(H,13,14). The van der Waals surface area contributed by atoms with Crippen molar-refractivity contribution < 1.29 is 14.7 Å². The quantitative estimate of drug-likeness (QED) is 0.845. The molecule has 0 unspecified atom stereocenters. The molecule has 1 N–H and O–H groups in total. The van der Waals surface area contributed by atoms with E-state index in [0.29, 0.717) is 25.3 Å². The van der Waals surface area contributed by atoms with Crippen molar-refractivity contribution in [2.24, 2.45) is 0 Å². The molecule has 1 fully saturated rings. The Kier molecular flexibility index (Phi) is 2.78. The Labute approximate surface area is 96.1 Å². The molecule has 0 aromatic carbocycles. The number of carboxylic acid groups (broad SMARTS) is 1. The van der Waals surface area contributed by atoms with Gasteiger partial charge in [0.1, 0.15) is 0 Å². The van der Waals surface area contributed by atoms with E-state index >= 15 is 0 Å². The Morgan fingerprint density at radius 1 is 1.62 bits per heavy atom. The normalized spacial score (nSPS) is 15.9. The van der Waals surface area contributed by atoms with E-state index in [1.54, 1.807) is 22.2 Å². The molecule has 1 aliphatic heterocycles. The molecular weight excluding hydrogens is 230 g/mol. The number of amides is 2. The van der Waals surface area contributed by atoms with E-state index in [4.69, 9.17) is 5.11 Å². The Balaban J connectivity index is 2.04. The molecule has 16 heavy (non-hydrogen) atoms. The van der Waals surface area contributed by atoms with Crippen molar-refractivity contribution in [1.29, 1.82) is 0 Å². The first-order valence-electron chi connectivity index (χ1n) is 4.75. The molecule has 7 heteroatoms. The highest BCUT2D eigenvalue weighted by Crippen LogP contribution is 2.14. The molecule has 1 saturated heterocycles. The molecule has 2 rings (SSSR count). The fourth-order valence-electron chi connectivity index (χ4n) is 1.52. The summed E-state index contributed by atoms with van der Waals surface area (Å²) in [5, 5.41) is 10.5. The minimum absolute atomic E-state index is 0.0372. The molecule has 1 aromatic heterocycles. The number of nitrogens with zero attached hydrogens (tertiary/aromatic N) is 3. The Morgan fingerprint density at radius 3 is 2.88 bits per heavy atom. The number of thiazole rings is 1. The predicted molar refractivity (Wildman–Crippen MR) is 57.5 cm³/mol. The van der Waals surface area contributed by atoms with Crippen LogP contribution >= 0.6 is 11.3 Å². The molecule has 0 aliphatic carbocycles. The minimum Gasteiger partial charge on any atom is -0.476 e. The number of hydrogen-bond donors (Lipinski definition) is 1. The summed E-state index contributed by atoms with van der Waals surface area (Å²) < 4.78 is 0. The van der Waals surface area contributed by atoms with Crippen LogP contribution in [0.4, 0.5) is 4.79 Å². The van der Waals surface area contributed by atoms with Gasteiger partial charge in [-0.2, -0.15) is 0 Å². The number of carboxylic acids is 1. The maximum Gasteiger partial charge on any atom is 0.365 e. The highest BCUT2D eigenvalue weighted by Gasteiger charge is 2.25. The smallest absolute Gasteiger partial charge is 0.365 e. The first-order chi connectivity index (χ1) is 7.58. The summed E-state index contributed by atoms with van der Waals surface area (Å²) in [4.78, 5) is 29.4. The third-order valence-corrected chi connectivity index (χ3v) is 3.27. The predicted octanol–water partition coefficient (Wildman–Crippen LogP) is 0.709. The van der Waals surface area contributed by atoms with Gasteiger partial charge in [-0.25, -0.2) is 14.6 Å². The average molecular weight is 241 g/mol. The maximum atomic E-state index is 11.6. The van der Waals surface area contributed by atoms with Gasteiger partial charge in [0.05, 0.1) is 12.2 Å². The summed E-state index contributed by atoms with van der Waals surface area (Å²) >= 11 is 1.08. The number of hydrogen-bond acceptors (Lipinski definition) is 4. The molecule has 1 aromatic rings. The van der Waals surface area contributed by atoms with E-state index in [-0.39, 0.29) is 11.0 Å². The van der Waals surface area contributed by atoms with Gasteiger partial charge in [0.25, 0.3) is 0 Å². The molecule has 6 nitrogen and oxygen atoms in total. The first kappa shape index (κ1) is 10.9. The third-order valence-electron chi connectivity index (χ3n) is 2.39. The molecule has 86 valence electrons. The van der Waals surface area contributed by atoms with Crippen LogP contribution in [0.5, 0.6) is 0 Å². The van der Waals surface area contributed by atoms with Crippen LogP contribution in [0, 0.1) is 0 Å². The summed E-state index contributed by atoms with van der Waals surface area (Å²) in [5.74, 6) is -1.03. The van der Waals surface area contributed by atoms with Crippen LogP contribution in [0.2, 0.25) is 0 Å². The summed E-state index contributed by atoms with van der Waals surface area (Å²) in [6.07, 6.45) is 0. The number of carbonyl (C=O) groups excluding carboxylic acids is 1. The topological polar surface area (TPSA) is 73.7 Å². The van der Waals surface area contributed by atoms with Gasteiger partial charge >= 0.3 is 12.0 Å². The van der Waals surface area contributed by atoms with E-state index in [9.17, 15) is 9.59 Å². The molecule has 2 heterocycles. The zero-order valence-electron chi connectivity index (χ0n) is 8.71. The van der Waals surface area contributed by atoms with Crippen molar-refractivity contribution in [3.63, 3.8) is 0 Å². The van der Waals surface area contributed by atoms with Crippen LogP contribution in [-0.2, 0) is 6.54 Å². The lowest BCUT2D eigenvalue weighted by atomic mass is 10.4. The van der Waals surface area contributed by atoms with Crippen LogP contribution in [0.3, 0.4) is 0 Å². The van der Waals surface area contributed by atoms with Crippen LogP contribution in [-0.4, -0.2) is 52.0 Å². The van der Waals surface area contributed by atoms with E-state index in [1.165, 1.54) is 0 Å². The number of likely N-dealkylation sites (N-methyl/N-ethyl adjacent to an activating group) is 1. The van der Waals surface area contributed by atoms with Crippen molar-refractivity contribution in [2.45, 2.75) is 6.54 Å². The summed E-state index contributed by atoms with van der Waals surface area (Å²) in [6, 6.07) is -0.0372. The zero-order valence-corrected chi connectivity index (χ0v) is 9.53. The van der Waals surface area contributed by atoms with Gasteiger partial charge in [-0.3, -0.25) is 0 Å². The number of aromatic nitrogens is 1. The van der Waals surface area contributed by atoms with Gasteiger partial charge in [0, 0.05) is 25.5 Å². The molecule has 0 saturated carbocycles. The average Bonchev–Trinajstić information content (AvgIpc) is 2.81. The molecule has 0 radical (unpaired) electrons. The summed E-state index contributed by atoms with van der Waals surface area (Å²) in [6.45, 7) is 1.75. The lowest BCUT2D eigenvalue weighted by molar-refractivity contribution is 0.0696. The zero-order chi connectivity index (χ0) is 11.7. The van der Waals surface area contributed by atoms with Gasteiger partial charge in [-0.15, -0.1) is 11.3 Å². The summed E-state index contributed by atoms with van der Waals surface area (Å²) in [7, 11) is 1.74. The molecule has 0 atom stereocenters. The van der Waals surface area contributed by atoms with E-state index in [0.717, 1.165) is 11.3 Å². The third kappa shape index (κ3) is 1.99. The highest BCUT2D eigenvalue weighted by atomic mass is 32.1. The van der Waals surface area contributed by atoms with Crippen molar-refractivity contribution in [3.05, 3.63) is 16.1 Å². The van der Waals surface area contributed by atoms with Crippen molar-refractivity contribution >= 4 is 23.3 Å². The molecule has 1 aliphatic rings. The first-order valence-corrected chi connectivity index (χ1v) is 5.63. The SMILES string of the molecule is CN1CCN(Cc2csc(C(=O)O)n2)C1=O. The second-order valence-electron chi connectivity index (χ2n) is 3.57. The lowest BCUT2D eigenvalue weighted by Gasteiger charge is -2.13. The summed E-state index contributed by atoms with van der Waals surface area (Å²) in [5.41, 5.74) is 0.631. The van der Waals surface area contributed by atoms with Crippen LogP contribution in [0.25, 0.3) is 0 Å². The molecule has 0 spiro atoms. The number of carbonyl (C=O) groups is 2. The van der Waals surface area contributed by atoms with Crippen LogP contribution < -0.4 is 0 Å². The van der Waals surface area contributed by atoms with Gasteiger partial charge in [0.15, 0.2) is 0 Å². The van der Waals surface area contributed by atoms with Crippen molar-refractivity contribution in [2.75, 3.05) is 20.1 Å². The molecule has 2 amide bonds. The number of rotatable bonds is 3. The van der Waals surface area contributed by atoms with E-state index in [1.807, 2.05) is 0 Å². The largest absolute Gasteiger partial charge is 0.476 e. The van der Waals surface area contributed by atoms with Crippen LogP contribution in [0.15, 0.2) is 5.38 Å². The lowest BCUT2D eigenvalue weighted by Crippen LogP contribution is -2.29. The van der Waals surface area contributed by atoms with Crippen molar-refractivity contribution in [1.82, 2.24) is 14.8 Å². The van der Waals surface area contributed by atoms with Gasteiger partial charge < -0.3 is 14.9 Å². The Bertz CT molecular complexity index is 431. The fourth-order valence-corrected chi connectivity index (χ4v) is 2.17. The van der Waals surface area contributed by atoms with Gasteiger partial charge in [-0.05, 0) is 0 Å². The second kappa shape index (κ2) is 4.09. The van der Waals surface area contributed by atoms with Crippen LogP contribution in [0.1, 0.15) is 15.5 Å². The molecule has 0 bridgehead atoms. The Morgan fingerprint density at radius 2 is 2.38 bits per heavy atom. The van der Waals surface area contributed by atoms with Crippen molar-refractivity contribution in [3.8, 4) is 0 Å². The fraction of sp³-hybridized carbons (Fsp3) is 0.444. The van der Waals surface area contributed by atoms with E-state index < -0.39 is 5.97 Å². The second-order valence-corrected chi connectivity index (χ2v) is 4.43. The van der Waals surface area contributed by atoms with Gasteiger partial charge in [-0.1, -0.05) is 0 Å². The van der Waals surface area contributed by atoms with Gasteiger partial charge in [0.2, 0.25) is 5.01 Å². The number of urea groups is 1.